The van der Waals surface area contributed by atoms with Gasteiger partial charge in [-0.25, -0.2) is 0 Å². The first-order chi connectivity index (χ1) is 9.20. The van der Waals surface area contributed by atoms with Crippen LogP contribution in [0.3, 0.4) is 0 Å². The summed E-state index contributed by atoms with van der Waals surface area (Å²) in [5.74, 6) is -0.0986. The van der Waals surface area contributed by atoms with Crippen molar-refractivity contribution in [3.05, 3.63) is 29.3 Å². The summed E-state index contributed by atoms with van der Waals surface area (Å²) in [6.07, 6.45) is -0.0545. The average molecular weight is 264 g/mol. The van der Waals surface area contributed by atoms with Crippen LogP contribution in [0.4, 0.5) is 5.69 Å². The molecular weight excluding hydrogens is 244 g/mol. The van der Waals surface area contributed by atoms with Gasteiger partial charge in [-0.3, -0.25) is 4.79 Å². The molecular formula is C14H20N2O3. The fourth-order valence-electron chi connectivity index (χ4n) is 2.02. The van der Waals surface area contributed by atoms with E-state index < -0.39 is 0 Å². The Bertz CT molecular complexity index is 442. The highest BCUT2D eigenvalue weighted by Crippen LogP contribution is 2.16. The largest absolute Gasteiger partial charge is 0.387 e. The van der Waals surface area contributed by atoms with E-state index in [4.69, 9.17) is 9.47 Å². The van der Waals surface area contributed by atoms with Crippen LogP contribution in [-0.4, -0.2) is 45.4 Å². The summed E-state index contributed by atoms with van der Waals surface area (Å²) in [6, 6.07) is 5.71. The van der Waals surface area contributed by atoms with E-state index in [0.717, 1.165) is 11.3 Å². The molecule has 0 saturated carbocycles. The first-order valence-corrected chi connectivity index (χ1v) is 6.46. The maximum Gasteiger partial charge on any atom is 0.253 e. The molecule has 0 radical (unpaired) electrons. The summed E-state index contributed by atoms with van der Waals surface area (Å²) in [4.78, 5) is 12.1. The zero-order valence-electron chi connectivity index (χ0n) is 11.4. The molecule has 1 unspecified atom stereocenters. The highest BCUT2D eigenvalue weighted by molar-refractivity contribution is 5.99. The van der Waals surface area contributed by atoms with Crippen molar-refractivity contribution < 1.29 is 14.3 Å². The van der Waals surface area contributed by atoms with Crippen molar-refractivity contribution in [3.63, 3.8) is 0 Å². The molecule has 2 rings (SSSR count). The number of carbonyl (C=O) groups is 1. The molecule has 0 bridgehead atoms. The summed E-state index contributed by atoms with van der Waals surface area (Å²) in [6.45, 7) is 4.22. The summed E-state index contributed by atoms with van der Waals surface area (Å²) in [7, 11) is 1.81. The molecule has 1 aromatic rings. The van der Waals surface area contributed by atoms with Gasteiger partial charge in [-0.2, -0.15) is 0 Å². The summed E-state index contributed by atoms with van der Waals surface area (Å²) in [5.41, 5.74) is 2.59. The number of benzene rings is 1. The van der Waals surface area contributed by atoms with Gasteiger partial charge in [-0.15, -0.1) is 0 Å². The van der Waals surface area contributed by atoms with Crippen molar-refractivity contribution in [2.45, 2.75) is 13.0 Å². The van der Waals surface area contributed by atoms with E-state index in [2.05, 4.69) is 10.6 Å². The third-order valence-electron chi connectivity index (χ3n) is 3.06. The number of ether oxygens (including phenoxy) is 2. The normalized spacial score (nSPS) is 18.9. The van der Waals surface area contributed by atoms with Gasteiger partial charge in [-0.1, -0.05) is 6.07 Å². The lowest BCUT2D eigenvalue weighted by atomic mass is 10.1. The van der Waals surface area contributed by atoms with E-state index >= 15 is 0 Å². The van der Waals surface area contributed by atoms with Crippen LogP contribution >= 0.6 is 0 Å². The number of nitrogens with one attached hydrogen (secondary N) is 2. The van der Waals surface area contributed by atoms with Crippen molar-refractivity contribution in [1.29, 1.82) is 0 Å². The molecule has 0 aliphatic carbocycles. The minimum Gasteiger partial charge on any atom is -0.387 e. The monoisotopic (exact) mass is 264 g/mol. The number of anilines is 1. The standard InChI is InChI=1S/C14H20N2O3/c1-10-3-4-12(13(7-10)15-2)14(17)16-8-11-9-18-5-6-19-11/h3-4,7,11,15H,5-6,8-9H2,1-2H3,(H,16,17). The Morgan fingerprint density at radius 1 is 1.42 bits per heavy atom. The number of aryl methyl sites for hydroxylation is 1. The molecule has 2 N–H and O–H groups in total. The molecule has 1 aromatic carbocycles. The first-order valence-electron chi connectivity index (χ1n) is 6.46. The van der Waals surface area contributed by atoms with Crippen LogP contribution < -0.4 is 10.6 Å². The van der Waals surface area contributed by atoms with Crippen molar-refractivity contribution in [1.82, 2.24) is 5.32 Å². The van der Waals surface area contributed by atoms with Crippen LogP contribution in [-0.2, 0) is 9.47 Å². The minimum absolute atomic E-state index is 0.0545. The highest BCUT2D eigenvalue weighted by atomic mass is 16.6. The molecule has 5 heteroatoms. The van der Waals surface area contributed by atoms with Crippen molar-refractivity contribution >= 4 is 11.6 Å². The Morgan fingerprint density at radius 2 is 2.26 bits per heavy atom. The highest BCUT2D eigenvalue weighted by Gasteiger charge is 2.17. The zero-order chi connectivity index (χ0) is 13.7. The minimum atomic E-state index is -0.0986. The van der Waals surface area contributed by atoms with E-state index in [9.17, 15) is 4.79 Å². The van der Waals surface area contributed by atoms with Gasteiger partial charge in [0.05, 0.1) is 31.5 Å². The van der Waals surface area contributed by atoms with Crippen LogP contribution in [0.5, 0.6) is 0 Å². The fourth-order valence-corrected chi connectivity index (χ4v) is 2.02. The molecule has 19 heavy (non-hydrogen) atoms. The van der Waals surface area contributed by atoms with Crippen molar-refractivity contribution in [2.75, 3.05) is 38.7 Å². The number of hydrogen-bond donors (Lipinski definition) is 2. The molecule has 1 heterocycles. The average Bonchev–Trinajstić information content (AvgIpc) is 2.45. The van der Waals surface area contributed by atoms with Crippen LogP contribution in [0, 0.1) is 6.92 Å². The molecule has 0 aromatic heterocycles. The Kier molecular flexibility index (Phi) is 4.76. The van der Waals surface area contributed by atoms with Gasteiger partial charge >= 0.3 is 0 Å². The van der Waals surface area contributed by atoms with Gasteiger partial charge in [0.25, 0.3) is 5.91 Å². The lowest BCUT2D eigenvalue weighted by molar-refractivity contribution is -0.0855. The Morgan fingerprint density at radius 3 is 2.95 bits per heavy atom. The number of hydrogen-bond acceptors (Lipinski definition) is 4. The van der Waals surface area contributed by atoms with Gasteiger partial charge in [0.15, 0.2) is 0 Å². The lowest BCUT2D eigenvalue weighted by Gasteiger charge is -2.23. The van der Waals surface area contributed by atoms with E-state index in [0.29, 0.717) is 31.9 Å². The van der Waals surface area contributed by atoms with E-state index in [-0.39, 0.29) is 12.0 Å². The summed E-state index contributed by atoms with van der Waals surface area (Å²) >= 11 is 0. The second-order valence-electron chi connectivity index (χ2n) is 4.58. The quantitative estimate of drug-likeness (QED) is 0.857. The molecule has 1 aliphatic rings. The van der Waals surface area contributed by atoms with Crippen LogP contribution in [0.1, 0.15) is 15.9 Å². The molecule has 1 saturated heterocycles. The maximum atomic E-state index is 12.1. The predicted octanol–water partition coefficient (Wildman–Crippen LogP) is 1.18. The van der Waals surface area contributed by atoms with Crippen LogP contribution in [0.25, 0.3) is 0 Å². The molecule has 1 atom stereocenters. The van der Waals surface area contributed by atoms with E-state index in [1.54, 1.807) is 0 Å². The second kappa shape index (κ2) is 6.54. The molecule has 1 aliphatic heterocycles. The first kappa shape index (κ1) is 13.8. The predicted molar refractivity (Wildman–Crippen MR) is 73.6 cm³/mol. The van der Waals surface area contributed by atoms with E-state index in [1.165, 1.54) is 0 Å². The topological polar surface area (TPSA) is 59.6 Å². The van der Waals surface area contributed by atoms with Gasteiger partial charge < -0.3 is 20.1 Å². The number of amides is 1. The maximum absolute atomic E-state index is 12.1. The number of rotatable bonds is 4. The third-order valence-corrected chi connectivity index (χ3v) is 3.06. The Labute approximate surface area is 113 Å². The van der Waals surface area contributed by atoms with Crippen molar-refractivity contribution in [3.8, 4) is 0 Å². The molecule has 104 valence electrons. The zero-order valence-corrected chi connectivity index (χ0v) is 11.4. The lowest BCUT2D eigenvalue weighted by Crippen LogP contribution is -2.39. The summed E-state index contributed by atoms with van der Waals surface area (Å²) < 4.78 is 10.8. The fraction of sp³-hybridized carbons (Fsp3) is 0.500. The SMILES string of the molecule is CNc1cc(C)ccc1C(=O)NCC1COCCO1. The number of carbonyl (C=O) groups excluding carboxylic acids is 1. The Balaban J connectivity index is 1.95. The molecule has 1 fully saturated rings. The summed E-state index contributed by atoms with van der Waals surface area (Å²) in [5, 5.41) is 5.92. The van der Waals surface area contributed by atoms with E-state index in [1.807, 2.05) is 32.2 Å². The van der Waals surface area contributed by atoms with Gasteiger partial charge in [-0.05, 0) is 24.6 Å². The second-order valence-corrected chi connectivity index (χ2v) is 4.58. The molecule has 0 spiro atoms. The molecule has 1 amide bonds. The van der Waals surface area contributed by atoms with Gasteiger partial charge in [0.1, 0.15) is 0 Å². The van der Waals surface area contributed by atoms with Gasteiger partial charge in [0.2, 0.25) is 0 Å². The smallest absolute Gasteiger partial charge is 0.253 e. The van der Waals surface area contributed by atoms with Crippen LogP contribution in [0.2, 0.25) is 0 Å². The Hall–Kier alpha value is -1.59. The van der Waals surface area contributed by atoms with Crippen LogP contribution in [0.15, 0.2) is 18.2 Å². The third kappa shape index (κ3) is 3.68. The van der Waals surface area contributed by atoms with Crippen molar-refractivity contribution in [2.24, 2.45) is 0 Å². The van der Waals surface area contributed by atoms with Gasteiger partial charge in [0, 0.05) is 19.3 Å². The molecule has 5 nitrogen and oxygen atoms in total.